The summed E-state index contributed by atoms with van der Waals surface area (Å²) in [7, 11) is -1.20. The molecule has 2 aromatic rings. The number of carbonyl (C=O) groups is 1. The lowest BCUT2D eigenvalue weighted by Crippen LogP contribution is -2.29. The summed E-state index contributed by atoms with van der Waals surface area (Å²) in [5.41, 5.74) is 2.22. The molecule has 0 radical (unpaired) electrons. The molecule has 0 bridgehead atoms. The second-order valence-electron chi connectivity index (χ2n) is 5.14. The Balaban J connectivity index is 1.90. The third kappa shape index (κ3) is 4.52. The molecule has 118 valence electrons. The monoisotopic (exact) mass is 335 g/mol. The van der Waals surface area contributed by atoms with Gasteiger partial charge in [-0.1, -0.05) is 37.3 Å². The van der Waals surface area contributed by atoms with Crippen molar-refractivity contribution < 1.29 is 9.00 Å². The van der Waals surface area contributed by atoms with Gasteiger partial charge in [0.25, 0.3) is 0 Å². The van der Waals surface area contributed by atoms with Gasteiger partial charge < -0.3 is 5.32 Å². The van der Waals surface area contributed by atoms with Crippen molar-refractivity contribution in [2.24, 2.45) is 0 Å². The molecule has 0 saturated carbocycles. The van der Waals surface area contributed by atoms with Gasteiger partial charge in [0, 0.05) is 15.7 Å². The van der Waals surface area contributed by atoms with E-state index in [0.717, 1.165) is 16.9 Å². The average Bonchev–Trinajstić information content (AvgIpc) is 2.92. The van der Waals surface area contributed by atoms with Gasteiger partial charge in [-0.3, -0.25) is 9.00 Å². The second-order valence-corrected chi connectivity index (χ2v) is 7.76. The van der Waals surface area contributed by atoms with Crippen LogP contribution in [0, 0.1) is 6.92 Å². The Morgan fingerprint density at radius 3 is 2.59 bits per heavy atom. The predicted molar refractivity (Wildman–Crippen MR) is 93.4 cm³/mol. The van der Waals surface area contributed by atoms with Crippen molar-refractivity contribution in [1.82, 2.24) is 5.32 Å². The number of rotatable bonds is 7. The Hall–Kier alpha value is -1.46. The molecule has 0 unspecified atom stereocenters. The summed E-state index contributed by atoms with van der Waals surface area (Å²) in [6.07, 6.45) is 0.758. The maximum Gasteiger partial charge on any atom is 0.232 e. The molecule has 2 rings (SSSR count). The summed E-state index contributed by atoms with van der Waals surface area (Å²) in [6, 6.07) is 11.8. The van der Waals surface area contributed by atoms with E-state index in [1.165, 1.54) is 5.56 Å². The topological polar surface area (TPSA) is 46.2 Å². The van der Waals surface area contributed by atoms with E-state index in [4.69, 9.17) is 0 Å². The Bertz CT molecular complexity index is 637. The van der Waals surface area contributed by atoms with E-state index in [9.17, 15) is 9.00 Å². The fourth-order valence-electron chi connectivity index (χ4n) is 2.29. The van der Waals surface area contributed by atoms with E-state index < -0.39 is 10.8 Å². The van der Waals surface area contributed by atoms with Crippen LogP contribution in [-0.2, 0) is 22.1 Å². The minimum atomic E-state index is -1.20. The normalized spacial score (nSPS) is 13.5. The average molecular weight is 335 g/mol. The van der Waals surface area contributed by atoms with E-state index in [1.807, 2.05) is 55.6 Å². The van der Waals surface area contributed by atoms with Crippen LogP contribution in [0.2, 0.25) is 0 Å². The van der Waals surface area contributed by atoms with E-state index >= 15 is 0 Å². The zero-order valence-electron chi connectivity index (χ0n) is 12.9. The molecule has 0 aliphatic heterocycles. The van der Waals surface area contributed by atoms with E-state index in [-0.39, 0.29) is 16.9 Å². The highest BCUT2D eigenvalue weighted by atomic mass is 32.2. The van der Waals surface area contributed by atoms with Crippen molar-refractivity contribution >= 4 is 28.0 Å². The first-order valence-electron chi connectivity index (χ1n) is 7.33. The van der Waals surface area contributed by atoms with Crippen molar-refractivity contribution in [1.29, 1.82) is 0 Å². The minimum Gasteiger partial charge on any atom is -0.350 e. The number of benzene rings is 1. The van der Waals surface area contributed by atoms with Crippen molar-refractivity contribution in [2.45, 2.75) is 32.1 Å². The van der Waals surface area contributed by atoms with Crippen LogP contribution in [0.15, 0.2) is 41.8 Å². The summed E-state index contributed by atoms with van der Waals surface area (Å²) in [5.74, 6) is -0.0989. The molecule has 1 heterocycles. The zero-order chi connectivity index (χ0) is 15.9. The van der Waals surface area contributed by atoms with Crippen LogP contribution < -0.4 is 5.32 Å². The summed E-state index contributed by atoms with van der Waals surface area (Å²) in [5, 5.41) is 4.79. The van der Waals surface area contributed by atoms with Gasteiger partial charge in [-0.15, -0.1) is 11.3 Å². The van der Waals surface area contributed by atoms with Gasteiger partial charge in [0.2, 0.25) is 5.91 Å². The lowest BCUT2D eigenvalue weighted by molar-refractivity contribution is -0.118. The molecule has 1 aromatic carbocycles. The molecule has 3 nitrogen and oxygen atoms in total. The highest BCUT2D eigenvalue weighted by Gasteiger charge is 2.19. The smallest absolute Gasteiger partial charge is 0.232 e. The minimum absolute atomic E-state index is 0.0534. The van der Waals surface area contributed by atoms with Crippen LogP contribution in [-0.4, -0.2) is 15.9 Å². The summed E-state index contributed by atoms with van der Waals surface area (Å²) < 4.78 is 12.5. The van der Waals surface area contributed by atoms with Crippen LogP contribution in [0.5, 0.6) is 0 Å². The van der Waals surface area contributed by atoms with Crippen molar-refractivity contribution in [3.8, 4) is 0 Å². The quantitative estimate of drug-likeness (QED) is 0.841. The number of amides is 1. The fourth-order valence-corrected chi connectivity index (χ4v) is 4.53. The third-order valence-corrected chi connectivity index (χ3v) is 6.36. The molecule has 2 atom stereocenters. The summed E-state index contributed by atoms with van der Waals surface area (Å²) in [4.78, 5) is 13.2. The highest BCUT2D eigenvalue weighted by molar-refractivity contribution is 7.86. The largest absolute Gasteiger partial charge is 0.350 e. The van der Waals surface area contributed by atoms with Gasteiger partial charge in [0.05, 0.1) is 11.8 Å². The van der Waals surface area contributed by atoms with Gasteiger partial charge in [-0.2, -0.15) is 0 Å². The Kier molecular flexibility index (Phi) is 6.34. The van der Waals surface area contributed by atoms with Crippen LogP contribution >= 0.6 is 11.3 Å². The molecule has 1 N–H and O–H groups in total. The zero-order valence-corrected chi connectivity index (χ0v) is 14.5. The van der Waals surface area contributed by atoms with Gasteiger partial charge in [0.15, 0.2) is 0 Å². The molecule has 1 amide bonds. The summed E-state index contributed by atoms with van der Waals surface area (Å²) in [6.45, 7) is 4.54. The summed E-state index contributed by atoms with van der Waals surface area (Å²) >= 11 is 1.63. The maximum absolute atomic E-state index is 12.5. The van der Waals surface area contributed by atoms with E-state index in [1.54, 1.807) is 11.3 Å². The lowest BCUT2D eigenvalue weighted by Gasteiger charge is -2.15. The Morgan fingerprint density at radius 1 is 1.27 bits per heavy atom. The Labute approximate surface area is 138 Å². The van der Waals surface area contributed by atoms with Crippen molar-refractivity contribution in [3.05, 3.63) is 57.8 Å². The molecule has 1 aromatic heterocycles. The van der Waals surface area contributed by atoms with Gasteiger partial charge >= 0.3 is 0 Å². The second kappa shape index (κ2) is 8.25. The highest BCUT2D eigenvalue weighted by Crippen LogP contribution is 2.23. The number of aryl methyl sites for hydroxylation is 1. The SMILES string of the molecule is CC[C@@H](c1ccccc1)[S@](=O)CC(=O)NCc1sccc1C. The third-order valence-electron chi connectivity index (χ3n) is 3.55. The van der Waals surface area contributed by atoms with E-state index in [2.05, 4.69) is 5.32 Å². The molecule has 0 spiro atoms. The Morgan fingerprint density at radius 2 is 2.00 bits per heavy atom. The number of carbonyl (C=O) groups excluding carboxylic acids is 1. The molecule has 0 fully saturated rings. The standard InChI is InChI=1S/C17H21NO2S2/c1-3-16(14-7-5-4-6-8-14)22(20)12-17(19)18-11-15-13(2)9-10-21-15/h4-10,16H,3,11-12H2,1-2H3,(H,18,19)/t16-,22+/m0/s1. The number of nitrogens with one attached hydrogen (secondary N) is 1. The molecule has 0 aliphatic carbocycles. The molecule has 0 saturated heterocycles. The van der Waals surface area contributed by atoms with Crippen molar-refractivity contribution in [2.75, 3.05) is 5.75 Å². The molecular weight excluding hydrogens is 314 g/mol. The number of thiophene rings is 1. The molecule has 22 heavy (non-hydrogen) atoms. The first-order chi connectivity index (χ1) is 10.6. The number of hydrogen-bond donors (Lipinski definition) is 1. The van der Waals surface area contributed by atoms with Crippen LogP contribution in [0.4, 0.5) is 0 Å². The van der Waals surface area contributed by atoms with Crippen molar-refractivity contribution in [3.63, 3.8) is 0 Å². The van der Waals surface area contributed by atoms with Crippen LogP contribution in [0.25, 0.3) is 0 Å². The lowest BCUT2D eigenvalue weighted by atomic mass is 10.1. The fraction of sp³-hybridized carbons (Fsp3) is 0.353. The first-order valence-corrected chi connectivity index (χ1v) is 9.59. The van der Waals surface area contributed by atoms with E-state index in [0.29, 0.717) is 6.54 Å². The van der Waals surface area contributed by atoms with Crippen LogP contribution in [0.3, 0.4) is 0 Å². The van der Waals surface area contributed by atoms with Crippen LogP contribution in [0.1, 0.15) is 34.6 Å². The predicted octanol–water partition coefficient (Wildman–Crippen LogP) is 3.57. The molecular formula is C17H21NO2S2. The van der Waals surface area contributed by atoms with Gasteiger partial charge in [-0.25, -0.2) is 0 Å². The molecule has 5 heteroatoms. The first kappa shape index (κ1) is 16.9. The number of hydrogen-bond acceptors (Lipinski definition) is 3. The maximum atomic E-state index is 12.5. The van der Waals surface area contributed by atoms with Gasteiger partial charge in [0.1, 0.15) is 5.75 Å². The molecule has 0 aliphatic rings. The van der Waals surface area contributed by atoms with Gasteiger partial charge in [-0.05, 0) is 35.9 Å².